The summed E-state index contributed by atoms with van der Waals surface area (Å²) in [6, 6.07) is 2.00. The van der Waals surface area contributed by atoms with Gasteiger partial charge in [0.2, 0.25) is 0 Å². The van der Waals surface area contributed by atoms with E-state index in [-0.39, 0.29) is 18.1 Å². The summed E-state index contributed by atoms with van der Waals surface area (Å²) in [5.74, 6) is -0.0820. The van der Waals surface area contributed by atoms with Crippen LogP contribution in [0.3, 0.4) is 0 Å². The van der Waals surface area contributed by atoms with E-state index in [1.54, 1.807) is 4.68 Å². The van der Waals surface area contributed by atoms with Crippen molar-refractivity contribution in [3.8, 4) is 0 Å². The highest BCUT2D eigenvalue weighted by molar-refractivity contribution is 5.94. The second kappa shape index (κ2) is 5.61. The first-order chi connectivity index (χ1) is 10.5. The molecule has 118 valence electrons. The number of rotatable bonds is 3. The van der Waals surface area contributed by atoms with E-state index >= 15 is 0 Å². The molecule has 0 unspecified atom stereocenters. The van der Waals surface area contributed by atoms with E-state index in [0.29, 0.717) is 12.2 Å². The Morgan fingerprint density at radius 1 is 1.45 bits per heavy atom. The van der Waals surface area contributed by atoms with Crippen LogP contribution in [-0.2, 0) is 31.8 Å². The number of hydrogen-bond donors (Lipinski definition) is 1. The number of ether oxygens (including phenoxy) is 1. The molecular formula is C16H22N4O2. The second-order valence-corrected chi connectivity index (χ2v) is 6.00. The van der Waals surface area contributed by atoms with Gasteiger partial charge < -0.3 is 14.6 Å². The number of amides is 1. The van der Waals surface area contributed by atoms with Gasteiger partial charge in [-0.25, -0.2) is 0 Å². The highest BCUT2D eigenvalue weighted by atomic mass is 16.5. The predicted octanol–water partition coefficient (Wildman–Crippen LogP) is 1.71. The Kier molecular flexibility index (Phi) is 3.78. The molecular weight excluding hydrogens is 280 g/mol. The van der Waals surface area contributed by atoms with Gasteiger partial charge in [0.1, 0.15) is 5.69 Å². The number of hydrogen-bond acceptors (Lipinski definition) is 3. The third kappa shape index (κ3) is 2.66. The molecule has 2 aromatic rings. The van der Waals surface area contributed by atoms with Crippen molar-refractivity contribution in [2.75, 3.05) is 0 Å². The van der Waals surface area contributed by atoms with Crippen LogP contribution in [0.5, 0.6) is 0 Å². The molecule has 3 rings (SSSR count). The van der Waals surface area contributed by atoms with Gasteiger partial charge in [-0.05, 0) is 25.5 Å². The Morgan fingerprint density at radius 3 is 2.91 bits per heavy atom. The first-order valence-electron chi connectivity index (χ1n) is 7.56. The van der Waals surface area contributed by atoms with Crippen LogP contribution in [0.15, 0.2) is 18.5 Å². The molecule has 2 aromatic heterocycles. The minimum absolute atomic E-state index is 0.0689. The smallest absolute Gasteiger partial charge is 0.270 e. The van der Waals surface area contributed by atoms with E-state index in [4.69, 9.17) is 4.74 Å². The lowest BCUT2D eigenvalue weighted by atomic mass is 9.99. The third-order valence-electron chi connectivity index (χ3n) is 4.05. The third-order valence-corrected chi connectivity index (χ3v) is 4.05. The molecule has 0 bridgehead atoms. The van der Waals surface area contributed by atoms with Gasteiger partial charge in [0.25, 0.3) is 5.91 Å². The molecule has 0 fully saturated rings. The summed E-state index contributed by atoms with van der Waals surface area (Å²) in [6.07, 6.45) is 4.72. The largest absolute Gasteiger partial charge is 0.369 e. The fraction of sp³-hybridized carbons (Fsp3) is 0.500. The first-order valence-corrected chi connectivity index (χ1v) is 7.56. The van der Waals surface area contributed by atoms with E-state index in [0.717, 1.165) is 23.2 Å². The van der Waals surface area contributed by atoms with Crippen LogP contribution in [0, 0.1) is 0 Å². The zero-order valence-electron chi connectivity index (χ0n) is 13.5. The van der Waals surface area contributed by atoms with Crippen LogP contribution in [0.1, 0.15) is 47.3 Å². The van der Waals surface area contributed by atoms with Crippen molar-refractivity contribution in [3.05, 3.63) is 41.0 Å². The number of carbonyl (C=O) groups excluding carboxylic acids is 1. The summed E-state index contributed by atoms with van der Waals surface area (Å²) in [5.41, 5.74) is 3.62. The van der Waals surface area contributed by atoms with Crippen LogP contribution in [0.25, 0.3) is 0 Å². The molecule has 2 atom stereocenters. The van der Waals surface area contributed by atoms with E-state index in [1.165, 1.54) is 0 Å². The Hall–Kier alpha value is -2.08. The number of nitrogens with zero attached hydrogens (tertiary/aromatic N) is 3. The Bertz CT molecular complexity index is 701. The zero-order chi connectivity index (χ0) is 15.9. The quantitative estimate of drug-likeness (QED) is 0.939. The lowest BCUT2D eigenvalue weighted by molar-refractivity contribution is -0.00710. The maximum absolute atomic E-state index is 12.6. The minimum atomic E-state index is -0.0820. The summed E-state index contributed by atoms with van der Waals surface area (Å²) in [5, 5.41) is 7.45. The van der Waals surface area contributed by atoms with Crippen LogP contribution in [0.2, 0.25) is 0 Å². The summed E-state index contributed by atoms with van der Waals surface area (Å²) >= 11 is 0. The molecule has 1 aliphatic rings. The van der Waals surface area contributed by atoms with Crippen LogP contribution < -0.4 is 5.32 Å². The van der Waals surface area contributed by atoms with Crippen LogP contribution in [0.4, 0.5) is 0 Å². The molecule has 22 heavy (non-hydrogen) atoms. The second-order valence-electron chi connectivity index (χ2n) is 6.00. The summed E-state index contributed by atoms with van der Waals surface area (Å²) in [7, 11) is 3.78. The molecule has 0 aromatic carbocycles. The molecule has 1 aliphatic heterocycles. The van der Waals surface area contributed by atoms with Crippen molar-refractivity contribution in [2.45, 2.75) is 39.0 Å². The molecule has 3 heterocycles. The average molecular weight is 302 g/mol. The van der Waals surface area contributed by atoms with Crippen molar-refractivity contribution in [3.63, 3.8) is 0 Å². The minimum Gasteiger partial charge on any atom is -0.369 e. The van der Waals surface area contributed by atoms with E-state index in [1.807, 2.05) is 51.0 Å². The van der Waals surface area contributed by atoms with Crippen molar-refractivity contribution >= 4 is 5.91 Å². The monoisotopic (exact) mass is 302 g/mol. The Balaban J connectivity index is 1.81. The SMILES string of the molecule is C[C@@H]1Cc2c(nn(C)c2C(=O)NCc2ccn(C)c2)[C@H](C)O1. The molecule has 0 radical (unpaired) electrons. The van der Waals surface area contributed by atoms with Gasteiger partial charge in [0, 0.05) is 45.0 Å². The van der Waals surface area contributed by atoms with E-state index < -0.39 is 0 Å². The number of nitrogens with one attached hydrogen (secondary N) is 1. The van der Waals surface area contributed by atoms with E-state index in [9.17, 15) is 4.79 Å². The molecule has 0 saturated heterocycles. The topological polar surface area (TPSA) is 61.1 Å². The summed E-state index contributed by atoms with van der Waals surface area (Å²) in [6.45, 7) is 4.52. The molecule has 0 spiro atoms. The number of fused-ring (bicyclic) bond motifs is 1. The lowest BCUT2D eigenvalue weighted by Crippen LogP contribution is -2.28. The van der Waals surface area contributed by atoms with Crippen molar-refractivity contribution in [2.24, 2.45) is 14.1 Å². The van der Waals surface area contributed by atoms with Gasteiger partial charge in [-0.3, -0.25) is 9.48 Å². The van der Waals surface area contributed by atoms with Gasteiger partial charge in [0.15, 0.2) is 0 Å². The van der Waals surface area contributed by atoms with Gasteiger partial charge >= 0.3 is 0 Å². The zero-order valence-corrected chi connectivity index (χ0v) is 13.5. The van der Waals surface area contributed by atoms with Crippen molar-refractivity contribution in [1.82, 2.24) is 19.7 Å². The molecule has 0 saturated carbocycles. The number of aromatic nitrogens is 3. The average Bonchev–Trinajstić information content (AvgIpc) is 2.99. The maximum Gasteiger partial charge on any atom is 0.270 e. The Morgan fingerprint density at radius 2 is 2.23 bits per heavy atom. The molecule has 0 aliphatic carbocycles. The first kappa shape index (κ1) is 14.8. The fourth-order valence-corrected chi connectivity index (χ4v) is 3.08. The summed E-state index contributed by atoms with van der Waals surface area (Å²) < 4.78 is 9.42. The van der Waals surface area contributed by atoms with Gasteiger partial charge in [-0.2, -0.15) is 5.10 Å². The Labute approximate surface area is 130 Å². The van der Waals surface area contributed by atoms with Crippen LogP contribution in [-0.4, -0.2) is 26.4 Å². The number of carbonyl (C=O) groups is 1. The normalized spacial score (nSPS) is 20.7. The molecule has 1 amide bonds. The summed E-state index contributed by atoms with van der Waals surface area (Å²) in [4.78, 5) is 12.6. The maximum atomic E-state index is 12.6. The molecule has 1 N–H and O–H groups in total. The fourth-order valence-electron chi connectivity index (χ4n) is 3.08. The van der Waals surface area contributed by atoms with Gasteiger partial charge in [-0.15, -0.1) is 0 Å². The standard InChI is InChI=1S/C16H22N4O2/c1-10-7-13-14(11(2)22-10)18-20(4)15(13)16(21)17-8-12-5-6-19(3)9-12/h5-6,9-11H,7-8H2,1-4H3,(H,17,21)/t10-,11+/m1/s1. The van der Waals surface area contributed by atoms with Gasteiger partial charge in [0.05, 0.1) is 17.9 Å². The number of aryl methyl sites for hydroxylation is 2. The highest BCUT2D eigenvalue weighted by Gasteiger charge is 2.31. The van der Waals surface area contributed by atoms with E-state index in [2.05, 4.69) is 10.4 Å². The highest BCUT2D eigenvalue weighted by Crippen LogP contribution is 2.31. The lowest BCUT2D eigenvalue weighted by Gasteiger charge is -2.24. The van der Waals surface area contributed by atoms with Gasteiger partial charge in [-0.1, -0.05) is 0 Å². The molecule has 6 nitrogen and oxygen atoms in total. The van der Waals surface area contributed by atoms with Crippen LogP contribution >= 0.6 is 0 Å². The molecule has 6 heteroatoms. The van der Waals surface area contributed by atoms with Crippen molar-refractivity contribution in [1.29, 1.82) is 0 Å². The predicted molar refractivity (Wildman–Crippen MR) is 82.5 cm³/mol. The van der Waals surface area contributed by atoms with Crippen molar-refractivity contribution < 1.29 is 9.53 Å².